The number of cyclic esters (lactones) is 1. The highest BCUT2D eigenvalue weighted by molar-refractivity contribution is 6.33. The van der Waals surface area contributed by atoms with Gasteiger partial charge >= 0.3 is 5.97 Å². The largest absolute Gasteiger partial charge is 0.506 e. The van der Waals surface area contributed by atoms with Gasteiger partial charge in [0.15, 0.2) is 6.61 Å². The number of nitrogens with zero attached hydrogens (tertiary/aromatic N) is 2. The lowest BCUT2D eigenvalue weighted by molar-refractivity contribution is -0.135. The molecule has 0 unspecified atom stereocenters. The summed E-state index contributed by atoms with van der Waals surface area (Å²) in [6.07, 6.45) is 14.9. The van der Waals surface area contributed by atoms with E-state index in [2.05, 4.69) is 5.16 Å². The Morgan fingerprint density at radius 2 is 1.91 bits per heavy atom. The molecule has 0 radical (unpaired) electrons. The molecule has 0 aromatic heterocycles. The van der Waals surface area contributed by atoms with Crippen molar-refractivity contribution in [3.63, 3.8) is 0 Å². The number of aromatic hydroxyl groups is 1. The van der Waals surface area contributed by atoms with Crippen LogP contribution in [0, 0.1) is 0 Å². The summed E-state index contributed by atoms with van der Waals surface area (Å²) in [4.78, 5) is 32.0. The van der Waals surface area contributed by atoms with Crippen molar-refractivity contribution in [1.29, 1.82) is 0 Å². The van der Waals surface area contributed by atoms with Gasteiger partial charge in [0.05, 0.1) is 22.9 Å². The fraction of sp³-hybridized carbons (Fsp3) is 0.375. The second-order valence-electron chi connectivity index (χ2n) is 7.43. The van der Waals surface area contributed by atoms with Gasteiger partial charge in [-0.3, -0.25) is 4.79 Å². The van der Waals surface area contributed by atoms with Crippen LogP contribution in [0.3, 0.4) is 0 Å². The second kappa shape index (κ2) is 12.1. The molecule has 1 N–H and O–H groups in total. The molecule has 2 aliphatic heterocycles. The molecule has 8 heteroatoms. The van der Waals surface area contributed by atoms with Crippen LogP contribution in [0.25, 0.3) is 0 Å². The predicted molar refractivity (Wildman–Crippen MR) is 123 cm³/mol. The number of benzene rings is 1. The van der Waals surface area contributed by atoms with E-state index in [4.69, 9.17) is 21.2 Å². The molecule has 3 rings (SSSR count). The van der Waals surface area contributed by atoms with Gasteiger partial charge in [0.2, 0.25) is 0 Å². The number of ether oxygens (including phenoxy) is 1. The van der Waals surface area contributed by atoms with Crippen molar-refractivity contribution in [2.45, 2.75) is 32.1 Å². The van der Waals surface area contributed by atoms with Crippen molar-refractivity contribution in [2.75, 3.05) is 26.3 Å². The maximum atomic E-state index is 12.6. The van der Waals surface area contributed by atoms with Crippen molar-refractivity contribution >= 4 is 29.2 Å². The number of amides is 1. The highest BCUT2D eigenvalue weighted by Gasteiger charge is 2.20. The summed E-state index contributed by atoms with van der Waals surface area (Å²) in [5.74, 6) is -0.807. The van der Waals surface area contributed by atoms with Gasteiger partial charge in [-0.2, -0.15) is 0 Å². The molecule has 1 amide bonds. The lowest BCUT2D eigenvalue weighted by atomic mass is 10.0. The number of esters is 1. The molecule has 0 bridgehead atoms. The zero-order chi connectivity index (χ0) is 22.8. The van der Waals surface area contributed by atoms with E-state index in [9.17, 15) is 14.7 Å². The standard InChI is InChI=1S/C24H27ClN2O5/c25-23-20-16-18(26-32-17-22(29)27-13-7-5-8-14-27)10-6-3-1-2-4-9-15-31-24(30)19(20)11-12-21(23)28/h2,4-7,10-12,28H,1,3,8-9,13-17H2/b4-2+,10-6+,26-18+. The molecular weight excluding hydrogens is 432 g/mol. The molecule has 0 atom stereocenters. The predicted octanol–water partition coefficient (Wildman–Crippen LogP) is 4.20. The van der Waals surface area contributed by atoms with Gasteiger partial charge in [-0.1, -0.05) is 47.1 Å². The Kier molecular flexibility index (Phi) is 8.92. The first-order valence-corrected chi connectivity index (χ1v) is 11.0. The summed E-state index contributed by atoms with van der Waals surface area (Å²) in [5, 5.41) is 14.3. The van der Waals surface area contributed by atoms with Gasteiger partial charge in [-0.15, -0.1) is 0 Å². The quantitative estimate of drug-likeness (QED) is 0.416. The first kappa shape index (κ1) is 23.6. The van der Waals surface area contributed by atoms with E-state index in [1.54, 1.807) is 11.0 Å². The molecular formula is C24H27ClN2O5. The zero-order valence-electron chi connectivity index (χ0n) is 17.8. The highest BCUT2D eigenvalue weighted by atomic mass is 35.5. The summed E-state index contributed by atoms with van der Waals surface area (Å²) >= 11 is 6.32. The van der Waals surface area contributed by atoms with Crippen molar-refractivity contribution in [3.8, 4) is 5.75 Å². The Bertz CT molecular complexity index is 952. The molecule has 32 heavy (non-hydrogen) atoms. The molecule has 0 aliphatic carbocycles. The number of phenols is 1. The van der Waals surface area contributed by atoms with Crippen molar-refractivity contribution in [1.82, 2.24) is 4.90 Å². The molecule has 2 aliphatic rings. The summed E-state index contributed by atoms with van der Waals surface area (Å²) in [7, 11) is 0. The minimum atomic E-state index is -0.523. The van der Waals surface area contributed by atoms with E-state index < -0.39 is 5.97 Å². The van der Waals surface area contributed by atoms with Crippen molar-refractivity contribution in [2.24, 2.45) is 5.16 Å². The minimum absolute atomic E-state index is 0.0590. The van der Waals surface area contributed by atoms with Gasteiger partial charge in [-0.05, 0) is 49.5 Å². The van der Waals surface area contributed by atoms with E-state index in [-0.39, 0.29) is 41.9 Å². The molecule has 0 fully saturated rings. The number of halogens is 1. The zero-order valence-corrected chi connectivity index (χ0v) is 18.6. The molecule has 2 heterocycles. The van der Waals surface area contributed by atoms with E-state index in [0.29, 0.717) is 30.8 Å². The smallest absolute Gasteiger partial charge is 0.338 e. The van der Waals surface area contributed by atoms with Gasteiger partial charge in [-0.25, -0.2) is 4.79 Å². The third-order valence-corrected chi connectivity index (χ3v) is 5.50. The molecule has 1 aromatic carbocycles. The first-order valence-electron chi connectivity index (χ1n) is 10.7. The highest BCUT2D eigenvalue weighted by Crippen LogP contribution is 2.31. The van der Waals surface area contributed by atoms with E-state index >= 15 is 0 Å². The Morgan fingerprint density at radius 3 is 2.72 bits per heavy atom. The maximum Gasteiger partial charge on any atom is 0.338 e. The van der Waals surface area contributed by atoms with Crippen molar-refractivity contribution in [3.05, 3.63) is 64.7 Å². The van der Waals surface area contributed by atoms with Gasteiger partial charge < -0.3 is 19.6 Å². The summed E-state index contributed by atoms with van der Waals surface area (Å²) in [5.41, 5.74) is 1.12. The SMILES string of the molecule is O=C1OCC/C=C/CC/C=C/C(=N\OCC(=O)N2CC=CCC2)Cc2c1ccc(O)c2Cl. The average molecular weight is 459 g/mol. The summed E-state index contributed by atoms with van der Waals surface area (Å²) < 4.78 is 5.35. The molecule has 0 saturated carbocycles. The lowest BCUT2D eigenvalue weighted by Gasteiger charge is -2.22. The molecule has 7 nitrogen and oxygen atoms in total. The Hall–Kier alpha value is -3.06. The lowest BCUT2D eigenvalue weighted by Crippen LogP contribution is -2.36. The number of allylic oxidation sites excluding steroid dienone is 3. The monoisotopic (exact) mass is 458 g/mol. The number of hydrogen-bond donors (Lipinski definition) is 1. The van der Waals surface area contributed by atoms with Crippen molar-refractivity contribution < 1.29 is 24.3 Å². The number of oxime groups is 1. The van der Waals surface area contributed by atoms with Crippen LogP contribution in [0.15, 0.2) is 53.7 Å². The van der Waals surface area contributed by atoms with Crippen LogP contribution in [0.4, 0.5) is 0 Å². The number of hydrogen-bond acceptors (Lipinski definition) is 6. The van der Waals surface area contributed by atoms with E-state index in [1.807, 2.05) is 30.4 Å². The minimum Gasteiger partial charge on any atom is -0.506 e. The van der Waals surface area contributed by atoms with Crippen LogP contribution in [-0.2, 0) is 20.8 Å². The van der Waals surface area contributed by atoms with Gasteiger partial charge in [0.25, 0.3) is 5.91 Å². The third kappa shape index (κ3) is 6.72. The van der Waals surface area contributed by atoms with Crippen LogP contribution in [0.5, 0.6) is 5.75 Å². The van der Waals surface area contributed by atoms with E-state index in [1.165, 1.54) is 12.1 Å². The molecule has 170 valence electrons. The summed E-state index contributed by atoms with van der Waals surface area (Å²) in [6.45, 7) is 1.29. The summed E-state index contributed by atoms with van der Waals surface area (Å²) in [6, 6.07) is 2.84. The van der Waals surface area contributed by atoms with Gasteiger partial charge in [0, 0.05) is 19.5 Å². The van der Waals surface area contributed by atoms with Gasteiger partial charge in [0.1, 0.15) is 5.75 Å². The topological polar surface area (TPSA) is 88.4 Å². The second-order valence-corrected chi connectivity index (χ2v) is 7.81. The number of carbonyl (C=O) groups is 2. The Balaban J connectivity index is 1.82. The Labute approximate surface area is 192 Å². The third-order valence-electron chi connectivity index (χ3n) is 5.08. The fourth-order valence-electron chi connectivity index (χ4n) is 3.35. The van der Waals surface area contributed by atoms with Crippen LogP contribution in [0.1, 0.15) is 41.6 Å². The normalized spacial score (nSPS) is 20.7. The molecule has 1 aromatic rings. The van der Waals surface area contributed by atoms with Crippen LogP contribution < -0.4 is 0 Å². The number of phenolic OH excluding ortho intramolecular Hbond substituents is 1. The first-order chi connectivity index (χ1) is 15.6. The molecule has 0 spiro atoms. The number of carbonyl (C=O) groups excluding carboxylic acids is 2. The maximum absolute atomic E-state index is 12.6. The Morgan fingerprint density at radius 1 is 1.12 bits per heavy atom. The number of rotatable bonds is 3. The molecule has 0 saturated heterocycles. The number of fused-ring (bicyclic) bond motifs is 1. The van der Waals surface area contributed by atoms with Crippen LogP contribution in [0.2, 0.25) is 5.02 Å². The average Bonchev–Trinajstić information content (AvgIpc) is 2.80. The van der Waals surface area contributed by atoms with Crippen LogP contribution >= 0.6 is 11.6 Å². The van der Waals surface area contributed by atoms with Crippen LogP contribution in [-0.4, -0.2) is 53.9 Å². The van der Waals surface area contributed by atoms with E-state index in [0.717, 1.165) is 19.3 Å². The fourth-order valence-corrected chi connectivity index (χ4v) is 3.58.